The molecule has 4 atom stereocenters. The summed E-state index contributed by atoms with van der Waals surface area (Å²) in [5.41, 5.74) is 0.988. The molecule has 0 aromatic heterocycles. The summed E-state index contributed by atoms with van der Waals surface area (Å²) in [6.07, 6.45) is 9.57. The van der Waals surface area contributed by atoms with E-state index in [-0.39, 0.29) is 41.6 Å². The van der Waals surface area contributed by atoms with Crippen LogP contribution < -0.4 is 15.4 Å². The zero-order valence-electron chi connectivity index (χ0n) is 23.7. The topological polar surface area (TPSA) is 91.0 Å². The number of fused-ring (bicyclic) bond motifs is 2. The van der Waals surface area contributed by atoms with Gasteiger partial charge in [0, 0.05) is 37.0 Å². The fourth-order valence-corrected chi connectivity index (χ4v) is 7.20. The van der Waals surface area contributed by atoms with E-state index in [1.54, 1.807) is 0 Å². The summed E-state index contributed by atoms with van der Waals surface area (Å²) in [7, 11) is 0. The summed E-state index contributed by atoms with van der Waals surface area (Å²) in [6.45, 7) is 6.66. The summed E-state index contributed by atoms with van der Waals surface area (Å²) in [5, 5.41) is 6.49. The Hall–Kier alpha value is -2.61. The highest BCUT2D eigenvalue weighted by Crippen LogP contribution is 2.33. The number of carbonyl (C=O) groups is 3. The van der Waals surface area contributed by atoms with E-state index in [1.165, 1.54) is 6.42 Å². The van der Waals surface area contributed by atoms with Gasteiger partial charge in [-0.3, -0.25) is 19.3 Å². The van der Waals surface area contributed by atoms with E-state index in [1.807, 2.05) is 43.0 Å². The number of para-hydroxylation sites is 1. The molecule has 39 heavy (non-hydrogen) atoms. The van der Waals surface area contributed by atoms with Gasteiger partial charge in [0.25, 0.3) is 0 Å². The molecule has 1 aliphatic carbocycles. The van der Waals surface area contributed by atoms with Crippen LogP contribution in [0.2, 0.25) is 0 Å². The van der Waals surface area contributed by atoms with Crippen LogP contribution in [0.1, 0.15) is 89.7 Å². The maximum atomic E-state index is 14.4. The minimum atomic E-state index is -0.571. The number of ether oxygens (including phenoxy) is 1. The normalized spacial score (nSPS) is 26.3. The molecule has 8 nitrogen and oxygen atoms in total. The highest BCUT2D eigenvalue weighted by molar-refractivity contribution is 5.93. The Bertz CT molecular complexity index is 1020. The second-order valence-electron chi connectivity index (χ2n) is 11.9. The number of nitrogens with one attached hydrogen (secondary N) is 2. The number of nitrogens with zero attached hydrogens (tertiary/aromatic N) is 2. The summed E-state index contributed by atoms with van der Waals surface area (Å²) in [6, 6.07) is 6.86. The number of hydrogen-bond acceptors (Lipinski definition) is 5. The first-order chi connectivity index (χ1) is 19.0. The molecule has 1 aromatic carbocycles. The van der Waals surface area contributed by atoms with Crippen LogP contribution in [0.25, 0.3) is 0 Å². The molecule has 8 heteroatoms. The van der Waals surface area contributed by atoms with E-state index in [4.69, 9.17) is 4.74 Å². The largest absolute Gasteiger partial charge is 0.493 e. The third kappa shape index (κ3) is 6.11. The SMILES string of the molecule is CCC(CC)C(=O)N[C@H](C(=O)N1C[C@H]2CCCN2C[C@H]1C(=O)N[C@@H]1CCOc2ccccc21)C1CCCCC1. The van der Waals surface area contributed by atoms with Gasteiger partial charge in [-0.1, -0.05) is 51.3 Å². The molecule has 0 radical (unpaired) electrons. The third-order valence-corrected chi connectivity index (χ3v) is 9.59. The molecular formula is C31H46N4O4. The highest BCUT2D eigenvalue weighted by Gasteiger charge is 2.45. The Morgan fingerprint density at radius 3 is 2.51 bits per heavy atom. The molecule has 0 unspecified atom stereocenters. The third-order valence-electron chi connectivity index (χ3n) is 9.59. The predicted octanol–water partition coefficient (Wildman–Crippen LogP) is 3.80. The van der Waals surface area contributed by atoms with Crippen molar-refractivity contribution in [2.75, 3.05) is 26.2 Å². The maximum Gasteiger partial charge on any atom is 0.246 e. The van der Waals surface area contributed by atoms with Crippen molar-refractivity contribution in [1.29, 1.82) is 0 Å². The van der Waals surface area contributed by atoms with Crippen LogP contribution in [0.15, 0.2) is 24.3 Å². The van der Waals surface area contributed by atoms with Gasteiger partial charge in [0.2, 0.25) is 17.7 Å². The zero-order valence-corrected chi connectivity index (χ0v) is 23.7. The van der Waals surface area contributed by atoms with Crippen LogP contribution in [0.3, 0.4) is 0 Å². The Kier molecular flexibility index (Phi) is 9.10. The standard InChI is InChI=1S/C31H46N4O4/c1-3-21(4-2)29(36)33-28(22-11-6-5-7-12-22)31(38)35-19-23-13-10-17-34(23)20-26(35)30(37)32-25-16-18-39-27-15-9-8-14-24(25)27/h8-9,14-15,21-23,25-26,28H,3-7,10-13,16-20H2,1-2H3,(H,32,37)(H,33,36)/t23-,25-,26+,28+/m1/s1. The lowest BCUT2D eigenvalue weighted by atomic mass is 9.82. The van der Waals surface area contributed by atoms with Crippen molar-refractivity contribution in [3.05, 3.63) is 29.8 Å². The van der Waals surface area contributed by atoms with Gasteiger partial charge in [-0.2, -0.15) is 0 Å². The first kappa shape index (κ1) is 27.9. The Balaban J connectivity index is 1.39. The number of benzene rings is 1. The highest BCUT2D eigenvalue weighted by atomic mass is 16.5. The lowest BCUT2D eigenvalue weighted by Crippen LogP contribution is -2.66. The molecule has 4 aliphatic rings. The maximum absolute atomic E-state index is 14.4. The van der Waals surface area contributed by atoms with Crippen molar-refractivity contribution >= 4 is 17.7 Å². The lowest BCUT2D eigenvalue weighted by molar-refractivity contribution is -0.150. The van der Waals surface area contributed by atoms with Gasteiger partial charge in [-0.25, -0.2) is 0 Å². The van der Waals surface area contributed by atoms with Gasteiger partial charge in [0.1, 0.15) is 17.8 Å². The van der Waals surface area contributed by atoms with Gasteiger partial charge in [-0.15, -0.1) is 0 Å². The monoisotopic (exact) mass is 538 g/mol. The molecule has 3 fully saturated rings. The summed E-state index contributed by atoms with van der Waals surface area (Å²) < 4.78 is 5.81. The number of amides is 3. The van der Waals surface area contributed by atoms with E-state index < -0.39 is 12.1 Å². The fraction of sp³-hybridized carbons (Fsp3) is 0.710. The minimum absolute atomic E-state index is 0.0248. The molecule has 3 aliphatic heterocycles. The van der Waals surface area contributed by atoms with Crippen molar-refractivity contribution in [2.45, 2.75) is 102 Å². The second kappa shape index (κ2) is 12.7. The summed E-state index contributed by atoms with van der Waals surface area (Å²) >= 11 is 0. The zero-order chi connectivity index (χ0) is 27.4. The van der Waals surface area contributed by atoms with Crippen LogP contribution in [0, 0.1) is 11.8 Å². The first-order valence-electron chi connectivity index (χ1n) is 15.4. The van der Waals surface area contributed by atoms with E-state index in [0.717, 1.165) is 69.2 Å². The summed E-state index contributed by atoms with van der Waals surface area (Å²) in [4.78, 5) is 45.8. The van der Waals surface area contributed by atoms with Crippen molar-refractivity contribution < 1.29 is 19.1 Å². The van der Waals surface area contributed by atoms with Crippen LogP contribution in [0.4, 0.5) is 0 Å². The Morgan fingerprint density at radius 2 is 1.74 bits per heavy atom. The minimum Gasteiger partial charge on any atom is -0.493 e. The lowest BCUT2D eigenvalue weighted by Gasteiger charge is -2.45. The van der Waals surface area contributed by atoms with Gasteiger partial charge >= 0.3 is 0 Å². The second-order valence-corrected chi connectivity index (χ2v) is 11.9. The quantitative estimate of drug-likeness (QED) is 0.526. The predicted molar refractivity (Wildman–Crippen MR) is 150 cm³/mol. The molecule has 3 heterocycles. The van der Waals surface area contributed by atoms with Crippen LogP contribution in [0.5, 0.6) is 5.75 Å². The van der Waals surface area contributed by atoms with Crippen LogP contribution >= 0.6 is 0 Å². The van der Waals surface area contributed by atoms with Crippen LogP contribution in [-0.2, 0) is 14.4 Å². The molecule has 5 rings (SSSR count). The number of carbonyl (C=O) groups excluding carboxylic acids is 3. The van der Waals surface area contributed by atoms with Crippen molar-refractivity contribution in [3.63, 3.8) is 0 Å². The van der Waals surface area contributed by atoms with Crippen molar-refractivity contribution in [1.82, 2.24) is 20.4 Å². The molecule has 214 valence electrons. The number of piperazine rings is 1. The van der Waals surface area contributed by atoms with Crippen molar-refractivity contribution in [2.24, 2.45) is 11.8 Å². The van der Waals surface area contributed by atoms with Gasteiger partial charge in [0.05, 0.1) is 12.6 Å². The average molecular weight is 539 g/mol. The van der Waals surface area contributed by atoms with Gasteiger partial charge in [-0.05, 0) is 57.1 Å². The molecule has 1 aromatic rings. The number of hydrogen-bond donors (Lipinski definition) is 2. The number of rotatable bonds is 8. The molecule has 1 saturated carbocycles. The molecular weight excluding hydrogens is 492 g/mol. The van der Waals surface area contributed by atoms with Crippen molar-refractivity contribution in [3.8, 4) is 5.75 Å². The first-order valence-corrected chi connectivity index (χ1v) is 15.4. The van der Waals surface area contributed by atoms with Gasteiger partial charge < -0.3 is 20.3 Å². The van der Waals surface area contributed by atoms with E-state index in [0.29, 0.717) is 26.1 Å². The molecule has 0 bridgehead atoms. The molecule has 0 spiro atoms. The van der Waals surface area contributed by atoms with Gasteiger partial charge in [0.15, 0.2) is 0 Å². The van der Waals surface area contributed by atoms with E-state index in [2.05, 4.69) is 15.5 Å². The molecule has 3 amide bonds. The average Bonchev–Trinajstić information content (AvgIpc) is 3.44. The fourth-order valence-electron chi connectivity index (χ4n) is 7.20. The van der Waals surface area contributed by atoms with E-state index >= 15 is 0 Å². The Morgan fingerprint density at radius 1 is 0.974 bits per heavy atom. The van der Waals surface area contributed by atoms with Crippen LogP contribution in [-0.4, -0.2) is 71.9 Å². The summed E-state index contributed by atoms with van der Waals surface area (Å²) in [5.74, 6) is 0.639. The molecule has 2 N–H and O–H groups in total. The smallest absolute Gasteiger partial charge is 0.246 e. The van der Waals surface area contributed by atoms with E-state index in [9.17, 15) is 14.4 Å². The Labute approximate surface area is 233 Å². The molecule has 2 saturated heterocycles.